The lowest BCUT2D eigenvalue weighted by Crippen LogP contribution is -2.25. The Labute approximate surface area is 103 Å². The zero-order valence-corrected chi connectivity index (χ0v) is 9.81. The molecule has 0 fully saturated rings. The molecule has 0 saturated carbocycles. The maximum Gasteiger partial charge on any atom is 0.262 e. The van der Waals surface area contributed by atoms with Gasteiger partial charge in [0.25, 0.3) is 5.91 Å². The molecule has 0 aliphatic rings. The van der Waals surface area contributed by atoms with Gasteiger partial charge in [0.15, 0.2) is 0 Å². The second-order valence-corrected chi connectivity index (χ2v) is 3.84. The number of hydrogen-bond donors (Lipinski definition) is 1. The SMILES string of the molecule is CN(C(=O)c1ccoc1Cl)c1cccc(O)c1. The summed E-state index contributed by atoms with van der Waals surface area (Å²) < 4.78 is 4.86. The standard InChI is InChI=1S/C12H10ClNO3/c1-14(8-3-2-4-9(15)7-8)12(16)10-5-6-17-11(10)13/h2-7,15H,1H3. The number of phenols is 1. The summed E-state index contributed by atoms with van der Waals surface area (Å²) in [5, 5.41) is 9.40. The summed E-state index contributed by atoms with van der Waals surface area (Å²) in [5.74, 6) is -0.199. The smallest absolute Gasteiger partial charge is 0.262 e. The molecule has 1 N–H and O–H groups in total. The van der Waals surface area contributed by atoms with Crippen LogP contribution < -0.4 is 4.90 Å². The topological polar surface area (TPSA) is 53.7 Å². The molecule has 1 aromatic carbocycles. The predicted molar refractivity (Wildman–Crippen MR) is 64.6 cm³/mol. The maximum atomic E-state index is 12.0. The van der Waals surface area contributed by atoms with E-state index in [1.807, 2.05) is 0 Å². The Morgan fingerprint density at radius 1 is 1.41 bits per heavy atom. The largest absolute Gasteiger partial charge is 0.508 e. The zero-order chi connectivity index (χ0) is 12.4. The molecule has 2 rings (SSSR count). The van der Waals surface area contributed by atoms with Gasteiger partial charge in [-0.2, -0.15) is 0 Å². The number of benzene rings is 1. The van der Waals surface area contributed by atoms with Gasteiger partial charge in [-0.3, -0.25) is 4.79 Å². The number of amides is 1. The van der Waals surface area contributed by atoms with Crippen molar-refractivity contribution in [2.24, 2.45) is 0 Å². The highest BCUT2D eigenvalue weighted by Crippen LogP contribution is 2.23. The van der Waals surface area contributed by atoms with Gasteiger partial charge >= 0.3 is 0 Å². The van der Waals surface area contributed by atoms with Crippen LogP contribution in [0.15, 0.2) is 41.0 Å². The van der Waals surface area contributed by atoms with Crippen LogP contribution in [0.3, 0.4) is 0 Å². The average molecular weight is 252 g/mol. The van der Waals surface area contributed by atoms with Gasteiger partial charge < -0.3 is 14.4 Å². The third-order valence-corrected chi connectivity index (χ3v) is 2.66. The van der Waals surface area contributed by atoms with Gasteiger partial charge in [-0.15, -0.1) is 0 Å². The molecule has 0 atom stereocenters. The minimum absolute atomic E-state index is 0.0574. The van der Waals surface area contributed by atoms with E-state index in [-0.39, 0.29) is 22.4 Å². The normalized spacial score (nSPS) is 10.2. The molecule has 0 spiro atoms. The van der Waals surface area contributed by atoms with Crippen LogP contribution in [0.5, 0.6) is 5.75 Å². The first-order valence-electron chi connectivity index (χ1n) is 4.89. The van der Waals surface area contributed by atoms with E-state index >= 15 is 0 Å². The second kappa shape index (κ2) is 4.51. The van der Waals surface area contributed by atoms with Gasteiger partial charge in [0.2, 0.25) is 5.22 Å². The Hall–Kier alpha value is -1.94. The molecule has 0 saturated heterocycles. The van der Waals surface area contributed by atoms with E-state index in [0.717, 1.165) is 0 Å². The molecule has 1 heterocycles. The lowest BCUT2D eigenvalue weighted by molar-refractivity contribution is 0.0992. The summed E-state index contributed by atoms with van der Waals surface area (Å²) in [5.41, 5.74) is 0.866. The summed E-state index contributed by atoms with van der Waals surface area (Å²) in [4.78, 5) is 13.4. The number of anilines is 1. The Kier molecular flexibility index (Phi) is 3.06. The molecular formula is C12H10ClNO3. The highest BCUT2D eigenvalue weighted by atomic mass is 35.5. The van der Waals surface area contributed by atoms with Crippen LogP contribution in [0.1, 0.15) is 10.4 Å². The molecule has 17 heavy (non-hydrogen) atoms. The quantitative estimate of drug-likeness (QED) is 0.893. The molecule has 0 bridgehead atoms. The maximum absolute atomic E-state index is 12.0. The fourth-order valence-electron chi connectivity index (χ4n) is 1.45. The van der Waals surface area contributed by atoms with Crippen LogP contribution in [0.25, 0.3) is 0 Å². The van der Waals surface area contributed by atoms with Crippen molar-refractivity contribution in [2.75, 3.05) is 11.9 Å². The molecule has 5 heteroatoms. The summed E-state index contributed by atoms with van der Waals surface area (Å²) in [6, 6.07) is 7.90. The Balaban J connectivity index is 2.30. The first kappa shape index (κ1) is 11.5. The zero-order valence-electron chi connectivity index (χ0n) is 9.05. The third kappa shape index (κ3) is 2.26. The highest BCUT2D eigenvalue weighted by molar-refractivity contribution is 6.32. The number of furan rings is 1. The number of rotatable bonds is 2. The van der Waals surface area contributed by atoms with E-state index in [9.17, 15) is 9.90 Å². The number of halogens is 1. The Bertz CT molecular complexity index is 550. The van der Waals surface area contributed by atoms with E-state index in [1.165, 1.54) is 29.4 Å². The van der Waals surface area contributed by atoms with Crippen molar-refractivity contribution in [1.29, 1.82) is 0 Å². The van der Waals surface area contributed by atoms with Crippen LogP contribution in [0.4, 0.5) is 5.69 Å². The number of hydrogen-bond acceptors (Lipinski definition) is 3. The van der Waals surface area contributed by atoms with Crippen LogP contribution in [0, 0.1) is 0 Å². The number of carbonyl (C=O) groups excluding carboxylic acids is 1. The van der Waals surface area contributed by atoms with Crippen LogP contribution in [0.2, 0.25) is 5.22 Å². The van der Waals surface area contributed by atoms with Gasteiger partial charge in [-0.05, 0) is 29.8 Å². The van der Waals surface area contributed by atoms with Gasteiger partial charge in [-0.25, -0.2) is 0 Å². The first-order valence-corrected chi connectivity index (χ1v) is 5.27. The molecule has 4 nitrogen and oxygen atoms in total. The summed E-state index contributed by atoms with van der Waals surface area (Å²) in [6.45, 7) is 0. The van der Waals surface area contributed by atoms with Gasteiger partial charge in [0, 0.05) is 18.8 Å². The van der Waals surface area contributed by atoms with Crippen LogP contribution >= 0.6 is 11.6 Å². The van der Waals surface area contributed by atoms with E-state index < -0.39 is 0 Å². The molecule has 1 amide bonds. The first-order chi connectivity index (χ1) is 8.09. The fourth-order valence-corrected chi connectivity index (χ4v) is 1.64. The molecule has 2 aromatic rings. The van der Waals surface area contributed by atoms with Crippen molar-refractivity contribution in [1.82, 2.24) is 0 Å². The molecule has 0 aliphatic heterocycles. The molecule has 0 aliphatic carbocycles. The van der Waals surface area contributed by atoms with Crippen molar-refractivity contribution < 1.29 is 14.3 Å². The van der Waals surface area contributed by atoms with E-state index in [4.69, 9.17) is 16.0 Å². The van der Waals surface area contributed by atoms with Crippen molar-refractivity contribution >= 4 is 23.2 Å². The molecule has 0 unspecified atom stereocenters. The number of nitrogens with zero attached hydrogens (tertiary/aromatic N) is 1. The Morgan fingerprint density at radius 2 is 2.18 bits per heavy atom. The van der Waals surface area contributed by atoms with Crippen molar-refractivity contribution in [3.05, 3.63) is 47.4 Å². The average Bonchev–Trinajstić information content (AvgIpc) is 2.73. The van der Waals surface area contributed by atoms with Crippen molar-refractivity contribution in [2.45, 2.75) is 0 Å². The lowest BCUT2D eigenvalue weighted by Gasteiger charge is -2.16. The van der Waals surface area contributed by atoms with E-state index in [1.54, 1.807) is 19.2 Å². The van der Waals surface area contributed by atoms with Crippen LogP contribution in [-0.4, -0.2) is 18.1 Å². The van der Waals surface area contributed by atoms with Crippen LogP contribution in [-0.2, 0) is 0 Å². The highest BCUT2D eigenvalue weighted by Gasteiger charge is 2.18. The molecule has 0 radical (unpaired) electrons. The fraction of sp³-hybridized carbons (Fsp3) is 0.0833. The van der Waals surface area contributed by atoms with E-state index in [2.05, 4.69) is 0 Å². The van der Waals surface area contributed by atoms with Crippen molar-refractivity contribution in [3.63, 3.8) is 0 Å². The van der Waals surface area contributed by atoms with E-state index in [0.29, 0.717) is 5.69 Å². The number of aromatic hydroxyl groups is 1. The van der Waals surface area contributed by atoms with Gasteiger partial charge in [0.05, 0.1) is 11.8 Å². The predicted octanol–water partition coefficient (Wildman–Crippen LogP) is 2.92. The van der Waals surface area contributed by atoms with Gasteiger partial charge in [0.1, 0.15) is 5.75 Å². The summed E-state index contributed by atoms with van der Waals surface area (Å²) >= 11 is 5.73. The second-order valence-electron chi connectivity index (χ2n) is 3.49. The number of carbonyl (C=O) groups is 1. The summed E-state index contributed by atoms with van der Waals surface area (Å²) in [6.07, 6.45) is 1.35. The molecule has 88 valence electrons. The molecule has 1 aromatic heterocycles. The number of phenolic OH excluding ortho intramolecular Hbond substituents is 1. The lowest BCUT2D eigenvalue weighted by atomic mass is 10.2. The summed E-state index contributed by atoms with van der Waals surface area (Å²) in [7, 11) is 1.60. The molecular weight excluding hydrogens is 242 g/mol. The Morgan fingerprint density at radius 3 is 2.76 bits per heavy atom. The van der Waals surface area contributed by atoms with Crippen molar-refractivity contribution in [3.8, 4) is 5.75 Å². The monoisotopic (exact) mass is 251 g/mol. The minimum atomic E-state index is -0.297. The van der Waals surface area contributed by atoms with Gasteiger partial charge in [-0.1, -0.05) is 6.07 Å². The third-order valence-electron chi connectivity index (χ3n) is 2.37. The minimum Gasteiger partial charge on any atom is -0.508 e.